The Balaban J connectivity index is 1.91. The van der Waals surface area contributed by atoms with Crippen molar-refractivity contribution in [2.45, 2.75) is 5.92 Å². The minimum atomic E-state index is -0.693. The van der Waals surface area contributed by atoms with Gasteiger partial charge in [-0.05, 0) is 23.3 Å². The van der Waals surface area contributed by atoms with Crippen molar-refractivity contribution in [3.8, 4) is 0 Å². The molecule has 0 aliphatic carbocycles. The Bertz CT molecular complexity index is 887. The average Bonchev–Trinajstić information content (AvgIpc) is 2.64. The summed E-state index contributed by atoms with van der Waals surface area (Å²) >= 11 is 0. The van der Waals surface area contributed by atoms with E-state index in [1.54, 1.807) is 48.5 Å². The van der Waals surface area contributed by atoms with Gasteiger partial charge in [0.25, 0.3) is 0 Å². The third-order valence-corrected chi connectivity index (χ3v) is 4.03. The Morgan fingerprint density at radius 1 is 0.720 bits per heavy atom. The molecule has 0 saturated heterocycles. The predicted molar refractivity (Wildman–Crippen MR) is 93.8 cm³/mol. The maximum Gasteiger partial charge on any atom is 0.229 e. The van der Waals surface area contributed by atoms with Crippen molar-refractivity contribution in [1.82, 2.24) is 0 Å². The third-order valence-electron chi connectivity index (χ3n) is 4.03. The molecule has 0 aliphatic rings. The number of rotatable bonds is 5. The van der Waals surface area contributed by atoms with Crippen LogP contribution in [0, 0.1) is 5.82 Å². The third kappa shape index (κ3) is 3.63. The lowest BCUT2D eigenvalue weighted by molar-refractivity contribution is -0.118. The Hall–Kier alpha value is -3.27. The summed E-state index contributed by atoms with van der Waals surface area (Å²) in [5.74, 6) is -1.70. The molecule has 3 nitrogen and oxygen atoms in total. The maximum absolute atomic E-state index is 13.1. The highest BCUT2D eigenvalue weighted by atomic mass is 19.1. The summed E-state index contributed by atoms with van der Waals surface area (Å²) in [6.45, 7) is 0. The van der Waals surface area contributed by atoms with Gasteiger partial charge in [-0.1, -0.05) is 66.7 Å². The standard InChI is InChI=1S/C21H16FNO2/c22-18-12-10-15(11-13-18)19(21(23)25)14-6-8-17(9-7-14)20(24)16-4-2-1-3-5-16/h1-13,19H,(H2,23,25). The lowest BCUT2D eigenvalue weighted by atomic mass is 9.89. The Morgan fingerprint density at radius 3 is 1.72 bits per heavy atom. The van der Waals surface area contributed by atoms with Gasteiger partial charge < -0.3 is 5.73 Å². The van der Waals surface area contributed by atoms with Crippen molar-refractivity contribution >= 4 is 11.7 Å². The summed E-state index contributed by atoms with van der Waals surface area (Å²) < 4.78 is 13.1. The molecule has 3 aromatic carbocycles. The van der Waals surface area contributed by atoms with Crippen LogP contribution >= 0.6 is 0 Å². The first kappa shape index (κ1) is 16.6. The second-order valence-corrected chi connectivity index (χ2v) is 5.70. The minimum Gasteiger partial charge on any atom is -0.369 e. The molecule has 0 spiro atoms. The monoisotopic (exact) mass is 333 g/mol. The Kier molecular flexibility index (Phi) is 4.70. The average molecular weight is 333 g/mol. The van der Waals surface area contributed by atoms with Gasteiger partial charge in [0.05, 0.1) is 5.92 Å². The lowest BCUT2D eigenvalue weighted by Gasteiger charge is -2.15. The summed E-state index contributed by atoms with van der Waals surface area (Å²) in [5, 5.41) is 0. The van der Waals surface area contributed by atoms with Gasteiger partial charge in [-0.3, -0.25) is 9.59 Å². The van der Waals surface area contributed by atoms with Gasteiger partial charge in [-0.2, -0.15) is 0 Å². The largest absolute Gasteiger partial charge is 0.369 e. The van der Waals surface area contributed by atoms with Gasteiger partial charge in [0.15, 0.2) is 5.78 Å². The number of carbonyl (C=O) groups excluding carboxylic acids is 2. The van der Waals surface area contributed by atoms with Crippen LogP contribution in [0.2, 0.25) is 0 Å². The summed E-state index contributed by atoms with van der Waals surface area (Å²) in [6.07, 6.45) is 0. The number of nitrogens with two attached hydrogens (primary N) is 1. The van der Waals surface area contributed by atoms with E-state index in [0.29, 0.717) is 22.3 Å². The van der Waals surface area contributed by atoms with Crippen LogP contribution in [0.25, 0.3) is 0 Å². The number of hydrogen-bond acceptors (Lipinski definition) is 2. The van der Waals surface area contributed by atoms with Crippen molar-refractivity contribution < 1.29 is 14.0 Å². The topological polar surface area (TPSA) is 60.2 Å². The van der Waals surface area contributed by atoms with E-state index in [-0.39, 0.29) is 11.6 Å². The molecule has 0 saturated carbocycles. The molecule has 4 heteroatoms. The van der Waals surface area contributed by atoms with E-state index in [9.17, 15) is 14.0 Å². The maximum atomic E-state index is 13.1. The first-order chi connectivity index (χ1) is 12.1. The van der Waals surface area contributed by atoms with E-state index in [0.717, 1.165) is 0 Å². The zero-order valence-corrected chi connectivity index (χ0v) is 13.4. The molecule has 3 rings (SSSR count). The first-order valence-electron chi connectivity index (χ1n) is 7.81. The molecule has 0 fully saturated rings. The molecule has 3 aromatic rings. The van der Waals surface area contributed by atoms with Crippen LogP contribution in [0.1, 0.15) is 33.0 Å². The van der Waals surface area contributed by atoms with E-state index >= 15 is 0 Å². The van der Waals surface area contributed by atoms with E-state index < -0.39 is 11.8 Å². The van der Waals surface area contributed by atoms with Crippen LogP contribution in [-0.4, -0.2) is 11.7 Å². The molecule has 0 aromatic heterocycles. The molecule has 0 heterocycles. The number of carbonyl (C=O) groups is 2. The first-order valence-corrected chi connectivity index (χ1v) is 7.81. The number of ketones is 1. The van der Waals surface area contributed by atoms with Crippen molar-refractivity contribution in [2.24, 2.45) is 5.73 Å². The van der Waals surface area contributed by atoms with E-state index in [1.165, 1.54) is 24.3 Å². The molecule has 1 atom stereocenters. The summed E-state index contributed by atoms with van der Waals surface area (Å²) in [5.41, 5.74) is 7.91. The summed E-state index contributed by atoms with van der Waals surface area (Å²) in [7, 11) is 0. The van der Waals surface area contributed by atoms with Gasteiger partial charge in [0.2, 0.25) is 5.91 Å². The second kappa shape index (κ2) is 7.09. The van der Waals surface area contributed by atoms with Crippen molar-refractivity contribution in [3.63, 3.8) is 0 Å². The molecule has 1 amide bonds. The SMILES string of the molecule is NC(=O)C(c1ccc(F)cc1)c1ccc(C(=O)c2ccccc2)cc1. The van der Waals surface area contributed by atoms with Crippen LogP contribution in [0.3, 0.4) is 0 Å². The molecule has 2 N–H and O–H groups in total. The fourth-order valence-corrected chi connectivity index (χ4v) is 2.76. The zero-order valence-electron chi connectivity index (χ0n) is 13.4. The molecule has 25 heavy (non-hydrogen) atoms. The van der Waals surface area contributed by atoms with Crippen LogP contribution in [0.4, 0.5) is 4.39 Å². The molecule has 0 bridgehead atoms. The van der Waals surface area contributed by atoms with E-state index in [4.69, 9.17) is 5.73 Å². The summed E-state index contributed by atoms with van der Waals surface area (Å²) in [6, 6.07) is 21.4. The molecular weight excluding hydrogens is 317 g/mol. The Labute approximate surface area is 144 Å². The zero-order chi connectivity index (χ0) is 17.8. The number of benzene rings is 3. The normalized spacial score (nSPS) is 11.7. The van der Waals surface area contributed by atoms with Crippen molar-refractivity contribution in [3.05, 3.63) is 107 Å². The highest BCUT2D eigenvalue weighted by molar-refractivity contribution is 6.09. The molecule has 0 radical (unpaired) electrons. The highest BCUT2D eigenvalue weighted by Gasteiger charge is 2.20. The minimum absolute atomic E-state index is 0.0930. The number of hydrogen-bond donors (Lipinski definition) is 1. The van der Waals surface area contributed by atoms with Gasteiger partial charge in [-0.15, -0.1) is 0 Å². The van der Waals surface area contributed by atoms with Crippen LogP contribution < -0.4 is 5.73 Å². The van der Waals surface area contributed by atoms with Crippen LogP contribution in [0.15, 0.2) is 78.9 Å². The second-order valence-electron chi connectivity index (χ2n) is 5.70. The molecule has 124 valence electrons. The van der Waals surface area contributed by atoms with Gasteiger partial charge in [0, 0.05) is 11.1 Å². The van der Waals surface area contributed by atoms with Crippen LogP contribution in [-0.2, 0) is 4.79 Å². The van der Waals surface area contributed by atoms with E-state index in [2.05, 4.69) is 0 Å². The number of primary amides is 1. The molecule has 1 unspecified atom stereocenters. The predicted octanol–water partition coefficient (Wildman–Crippen LogP) is 3.67. The van der Waals surface area contributed by atoms with Gasteiger partial charge in [0.1, 0.15) is 5.82 Å². The smallest absolute Gasteiger partial charge is 0.229 e. The molecular formula is C21H16FNO2. The van der Waals surface area contributed by atoms with Crippen molar-refractivity contribution in [1.29, 1.82) is 0 Å². The number of halogens is 1. The van der Waals surface area contributed by atoms with E-state index in [1.807, 2.05) is 6.07 Å². The number of amides is 1. The quantitative estimate of drug-likeness (QED) is 0.724. The van der Waals surface area contributed by atoms with Crippen LogP contribution in [0.5, 0.6) is 0 Å². The van der Waals surface area contributed by atoms with Gasteiger partial charge in [-0.25, -0.2) is 4.39 Å². The van der Waals surface area contributed by atoms with Gasteiger partial charge >= 0.3 is 0 Å². The molecule has 0 aliphatic heterocycles. The van der Waals surface area contributed by atoms with Crippen molar-refractivity contribution in [2.75, 3.05) is 0 Å². The summed E-state index contributed by atoms with van der Waals surface area (Å²) in [4.78, 5) is 24.3. The highest BCUT2D eigenvalue weighted by Crippen LogP contribution is 2.25. The fraction of sp³-hybridized carbons (Fsp3) is 0.0476. The lowest BCUT2D eigenvalue weighted by Crippen LogP contribution is -2.22. The fourth-order valence-electron chi connectivity index (χ4n) is 2.76. The Morgan fingerprint density at radius 2 is 1.20 bits per heavy atom.